The van der Waals surface area contributed by atoms with Crippen LogP contribution in [0.4, 0.5) is 5.69 Å². The summed E-state index contributed by atoms with van der Waals surface area (Å²) in [4.78, 5) is 5.22. The van der Waals surface area contributed by atoms with Crippen molar-refractivity contribution < 1.29 is 0 Å². The maximum atomic E-state index is 4.09. The summed E-state index contributed by atoms with van der Waals surface area (Å²) < 4.78 is 2.05. The number of hydrogen-bond acceptors (Lipinski definition) is 4. The zero-order chi connectivity index (χ0) is 13.8. The third-order valence-corrected chi connectivity index (χ3v) is 3.75. The van der Waals surface area contributed by atoms with E-state index in [-0.39, 0.29) is 0 Å². The zero-order valence-electron chi connectivity index (χ0n) is 11.1. The van der Waals surface area contributed by atoms with Crippen LogP contribution in [-0.2, 0) is 13.6 Å². The summed E-state index contributed by atoms with van der Waals surface area (Å²) in [5, 5.41) is 10.9. The first kappa shape index (κ1) is 12.8. The fourth-order valence-electron chi connectivity index (χ4n) is 1.87. The molecule has 0 saturated carbocycles. The van der Waals surface area contributed by atoms with E-state index in [1.54, 1.807) is 11.8 Å². The highest BCUT2D eigenvalue weighted by Crippen LogP contribution is 2.25. The molecule has 6 heteroatoms. The van der Waals surface area contributed by atoms with Gasteiger partial charge in [0.05, 0.1) is 0 Å². The normalized spacial score (nSPS) is 10.7. The molecule has 102 valence electrons. The maximum Gasteiger partial charge on any atom is 0.188 e. The first-order chi connectivity index (χ1) is 9.79. The Morgan fingerprint density at radius 1 is 1.25 bits per heavy atom. The van der Waals surface area contributed by atoms with Gasteiger partial charge < -0.3 is 9.88 Å². The highest BCUT2D eigenvalue weighted by molar-refractivity contribution is 7.99. The fraction of sp³-hybridized carbons (Fsp3) is 0.143. The maximum absolute atomic E-state index is 4.09. The Kier molecular flexibility index (Phi) is 3.73. The Bertz CT molecular complexity index is 657. The van der Waals surface area contributed by atoms with E-state index in [9.17, 15) is 0 Å². The molecule has 0 unspecified atom stereocenters. The number of benzene rings is 1. The smallest absolute Gasteiger partial charge is 0.188 e. The Labute approximate surface area is 121 Å². The van der Waals surface area contributed by atoms with Gasteiger partial charge in [-0.15, -0.1) is 0 Å². The Morgan fingerprint density at radius 2 is 2.10 bits per heavy atom. The molecule has 0 amide bonds. The van der Waals surface area contributed by atoms with Gasteiger partial charge in [-0.25, -0.2) is 4.98 Å². The number of H-pyrrole nitrogens is 1. The molecule has 0 aliphatic rings. The van der Waals surface area contributed by atoms with Crippen LogP contribution in [0.25, 0.3) is 0 Å². The van der Waals surface area contributed by atoms with E-state index in [1.165, 1.54) is 11.9 Å². The van der Waals surface area contributed by atoms with Gasteiger partial charge >= 0.3 is 0 Å². The minimum Gasteiger partial charge on any atom is -0.381 e. The van der Waals surface area contributed by atoms with Crippen molar-refractivity contribution in [2.75, 3.05) is 5.32 Å². The van der Waals surface area contributed by atoms with E-state index in [0.29, 0.717) is 0 Å². The van der Waals surface area contributed by atoms with E-state index >= 15 is 0 Å². The lowest BCUT2D eigenvalue weighted by molar-refractivity contribution is 0.920. The van der Waals surface area contributed by atoms with E-state index in [1.807, 2.05) is 17.8 Å². The highest BCUT2D eigenvalue weighted by Gasteiger charge is 2.00. The molecule has 5 nitrogen and oxygen atoms in total. The minimum absolute atomic E-state index is 0.801. The summed E-state index contributed by atoms with van der Waals surface area (Å²) in [7, 11) is 2.03. The predicted molar refractivity (Wildman–Crippen MR) is 79.7 cm³/mol. The van der Waals surface area contributed by atoms with Gasteiger partial charge in [-0.2, -0.15) is 5.10 Å². The van der Waals surface area contributed by atoms with Crippen LogP contribution in [0.3, 0.4) is 0 Å². The molecule has 0 saturated heterocycles. The van der Waals surface area contributed by atoms with Crippen molar-refractivity contribution in [1.82, 2.24) is 19.7 Å². The Hall–Kier alpha value is -2.21. The van der Waals surface area contributed by atoms with Crippen LogP contribution in [0.15, 0.2) is 59.1 Å². The number of anilines is 1. The molecule has 2 N–H and O–H groups in total. The van der Waals surface area contributed by atoms with E-state index in [0.717, 1.165) is 22.3 Å². The summed E-state index contributed by atoms with van der Waals surface area (Å²) in [6, 6.07) is 10.4. The summed E-state index contributed by atoms with van der Waals surface area (Å²) in [6.45, 7) is 0.829. The average Bonchev–Trinajstić information content (AvgIpc) is 3.10. The SMILES string of the molecule is Cn1ccc(CNc2ccc(Sc3ncn[nH]3)cc2)c1. The highest BCUT2D eigenvalue weighted by atomic mass is 32.2. The van der Waals surface area contributed by atoms with Crippen LogP contribution in [0.1, 0.15) is 5.56 Å². The molecule has 20 heavy (non-hydrogen) atoms. The summed E-state index contributed by atoms with van der Waals surface area (Å²) in [5.74, 6) is 0. The van der Waals surface area contributed by atoms with Crippen LogP contribution < -0.4 is 5.32 Å². The monoisotopic (exact) mass is 285 g/mol. The summed E-state index contributed by atoms with van der Waals surface area (Å²) in [6.07, 6.45) is 5.67. The van der Waals surface area contributed by atoms with Crippen LogP contribution in [0, 0.1) is 0 Å². The Morgan fingerprint density at radius 3 is 2.75 bits per heavy atom. The number of hydrogen-bond donors (Lipinski definition) is 2. The van der Waals surface area contributed by atoms with Gasteiger partial charge in [-0.3, -0.25) is 5.10 Å². The number of nitrogens with zero attached hydrogens (tertiary/aromatic N) is 3. The van der Waals surface area contributed by atoms with E-state index in [4.69, 9.17) is 0 Å². The van der Waals surface area contributed by atoms with Crippen LogP contribution in [0.5, 0.6) is 0 Å². The zero-order valence-corrected chi connectivity index (χ0v) is 11.9. The lowest BCUT2D eigenvalue weighted by Gasteiger charge is -2.05. The number of aromatic amines is 1. The second-order valence-corrected chi connectivity index (χ2v) is 5.52. The van der Waals surface area contributed by atoms with Crippen molar-refractivity contribution in [2.45, 2.75) is 16.6 Å². The largest absolute Gasteiger partial charge is 0.381 e. The summed E-state index contributed by atoms with van der Waals surface area (Å²) >= 11 is 1.56. The van der Waals surface area contributed by atoms with Crippen molar-refractivity contribution >= 4 is 17.4 Å². The molecule has 0 bridgehead atoms. The van der Waals surface area contributed by atoms with Crippen molar-refractivity contribution in [1.29, 1.82) is 0 Å². The molecular weight excluding hydrogens is 270 g/mol. The quantitative estimate of drug-likeness (QED) is 0.757. The van der Waals surface area contributed by atoms with E-state index in [2.05, 4.69) is 57.0 Å². The van der Waals surface area contributed by atoms with Crippen LogP contribution in [0.2, 0.25) is 0 Å². The molecular formula is C14H15N5S. The standard InChI is InChI=1S/C14H15N5S/c1-19-7-6-11(9-19)8-15-12-2-4-13(5-3-12)20-14-16-10-17-18-14/h2-7,9-10,15H,8H2,1H3,(H,16,17,18). The lowest BCUT2D eigenvalue weighted by atomic mass is 10.3. The first-order valence-corrected chi connectivity index (χ1v) is 7.09. The first-order valence-electron chi connectivity index (χ1n) is 6.27. The van der Waals surface area contributed by atoms with Crippen molar-refractivity contribution in [3.63, 3.8) is 0 Å². The predicted octanol–water partition coefficient (Wildman–Crippen LogP) is 2.91. The second-order valence-electron chi connectivity index (χ2n) is 4.46. The minimum atomic E-state index is 0.801. The molecule has 3 aromatic rings. The Balaban J connectivity index is 1.58. The van der Waals surface area contributed by atoms with Gasteiger partial charge in [0.25, 0.3) is 0 Å². The van der Waals surface area contributed by atoms with Crippen molar-refractivity contribution in [3.05, 3.63) is 54.6 Å². The number of rotatable bonds is 5. The van der Waals surface area contributed by atoms with Crippen LogP contribution >= 0.6 is 11.8 Å². The van der Waals surface area contributed by atoms with E-state index < -0.39 is 0 Å². The second kappa shape index (κ2) is 5.83. The van der Waals surface area contributed by atoms with Gasteiger partial charge in [0.1, 0.15) is 6.33 Å². The molecule has 2 heterocycles. The number of aromatic nitrogens is 4. The fourth-order valence-corrected chi connectivity index (χ4v) is 2.56. The van der Waals surface area contributed by atoms with Gasteiger partial charge in [-0.05, 0) is 35.9 Å². The molecule has 3 rings (SSSR count). The molecule has 0 aliphatic carbocycles. The lowest BCUT2D eigenvalue weighted by Crippen LogP contribution is -1.98. The molecule has 1 aromatic carbocycles. The van der Waals surface area contributed by atoms with Gasteiger partial charge in [0.15, 0.2) is 5.16 Å². The topological polar surface area (TPSA) is 58.5 Å². The molecule has 0 spiro atoms. The van der Waals surface area contributed by atoms with Gasteiger partial charge in [0.2, 0.25) is 0 Å². The van der Waals surface area contributed by atoms with Crippen LogP contribution in [-0.4, -0.2) is 19.7 Å². The van der Waals surface area contributed by atoms with Gasteiger partial charge in [-0.1, -0.05) is 11.8 Å². The average molecular weight is 285 g/mol. The van der Waals surface area contributed by atoms with Gasteiger partial charge in [0, 0.05) is 36.6 Å². The third-order valence-electron chi connectivity index (χ3n) is 2.85. The molecule has 0 atom stereocenters. The molecule has 0 fully saturated rings. The number of nitrogens with one attached hydrogen (secondary N) is 2. The third kappa shape index (κ3) is 3.21. The molecule has 0 aliphatic heterocycles. The summed E-state index contributed by atoms with van der Waals surface area (Å²) in [5.41, 5.74) is 2.38. The molecule has 0 radical (unpaired) electrons. The number of aryl methyl sites for hydroxylation is 1. The molecule has 2 aromatic heterocycles. The van der Waals surface area contributed by atoms with Crippen molar-refractivity contribution in [2.24, 2.45) is 7.05 Å². The van der Waals surface area contributed by atoms with Crippen molar-refractivity contribution in [3.8, 4) is 0 Å².